The van der Waals surface area contributed by atoms with Crippen LogP contribution in [0, 0.1) is 0 Å². The van der Waals surface area contributed by atoms with E-state index in [0.29, 0.717) is 5.02 Å². The maximum absolute atomic E-state index is 12.0. The summed E-state index contributed by atoms with van der Waals surface area (Å²) in [5, 5.41) is 0.449. The molecule has 0 saturated heterocycles. The Balaban J connectivity index is 2.50. The van der Waals surface area contributed by atoms with Gasteiger partial charge in [-0.1, -0.05) is 23.2 Å². The Morgan fingerprint density at radius 3 is 1.94 bits per heavy atom. The lowest BCUT2D eigenvalue weighted by atomic mass is 10.4. The third-order valence-electron chi connectivity index (χ3n) is 1.96. The Morgan fingerprint density at radius 1 is 0.882 bits per heavy atom. The molecule has 0 aliphatic heterocycles. The molecule has 0 amide bonds. The summed E-state index contributed by atoms with van der Waals surface area (Å²) in [6.07, 6.45) is 2.47. The molecule has 7 heteroatoms. The van der Waals surface area contributed by atoms with E-state index in [1.54, 1.807) is 0 Å². The van der Waals surface area contributed by atoms with Crippen LogP contribution in [0.2, 0.25) is 10.0 Å². The van der Waals surface area contributed by atoms with Gasteiger partial charge in [-0.25, -0.2) is 18.4 Å². The Morgan fingerprint density at radius 2 is 1.41 bits per heavy atom. The van der Waals surface area contributed by atoms with Crippen LogP contribution >= 0.6 is 23.2 Å². The third-order valence-corrected chi connectivity index (χ3v) is 3.99. The van der Waals surface area contributed by atoms with Crippen molar-refractivity contribution in [2.75, 3.05) is 0 Å². The first kappa shape index (κ1) is 12.3. The van der Waals surface area contributed by atoms with Gasteiger partial charge in [-0.15, -0.1) is 0 Å². The minimum atomic E-state index is -3.71. The molecule has 2 rings (SSSR count). The van der Waals surface area contributed by atoms with Crippen molar-refractivity contribution in [2.24, 2.45) is 0 Å². The Labute approximate surface area is 108 Å². The molecule has 0 saturated carbocycles. The van der Waals surface area contributed by atoms with Gasteiger partial charge in [0.25, 0.3) is 5.16 Å². The van der Waals surface area contributed by atoms with Crippen molar-refractivity contribution in [3.8, 4) is 0 Å². The number of aromatic nitrogens is 2. The van der Waals surface area contributed by atoms with Crippen LogP contribution in [0.3, 0.4) is 0 Å². The maximum atomic E-state index is 12.0. The minimum absolute atomic E-state index is 0.0872. The first-order chi connectivity index (χ1) is 8.00. The molecule has 1 heterocycles. The predicted octanol–water partition coefficient (Wildman–Crippen LogP) is 2.62. The Hall–Kier alpha value is -1.17. The van der Waals surface area contributed by atoms with Gasteiger partial charge >= 0.3 is 0 Å². The highest BCUT2D eigenvalue weighted by atomic mass is 35.5. The summed E-state index contributed by atoms with van der Waals surface area (Å²) in [4.78, 5) is 7.46. The number of benzene rings is 1. The molecule has 0 spiro atoms. The van der Waals surface area contributed by atoms with E-state index in [1.165, 1.54) is 36.7 Å². The van der Waals surface area contributed by atoms with Crippen molar-refractivity contribution in [1.29, 1.82) is 0 Å². The van der Waals surface area contributed by atoms with Crippen LogP contribution in [-0.2, 0) is 9.84 Å². The van der Waals surface area contributed by atoms with Gasteiger partial charge in [0.1, 0.15) is 0 Å². The number of halogens is 2. The van der Waals surface area contributed by atoms with Crippen molar-refractivity contribution < 1.29 is 8.42 Å². The lowest BCUT2D eigenvalue weighted by Gasteiger charge is -2.02. The van der Waals surface area contributed by atoms with Crippen molar-refractivity contribution in [3.63, 3.8) is 0 Å². The number of hydrogen-bond donors (Lipinski definition) is 0. The minimum Gasteiger partial charge on any atom is -0.225 e. The van der Waals surface area contributed by atoms with Crippen LogP contribution in [-0.4, -0.2) is 18.4 Å². The molecule has 0 atom stereocenters. The summed E-state index contributed by atoms with van der Waals surface area (Å²) in [7, 11) is -3.71. The summed E-state index contributed by atoms with van der Waals surface area (Å²) in [6, 6.07) is 5.78. The van der Waals surface area contributed by atoms with Gasteiger partial charge in [0.2, 0.25) is 9.84 Å². The lowest BCUT2D eigenvalue weighted by molar-refractivity contribution is 0.587. The van der Waals surface area contributed by atoms with Crippen molar-refractivity contribution >= 4 is 33.0 Å². The quantitative estimate of drug-likeness (QED) is 0.797. The van der Waals surface area contributed by atoms with Gasteiger partial charge in [-0.3, -0.25) is 0 Å². The number of rotatable bonds is 2. The normalized spacial score (nSPS) is 11.4. The fourth-order valence-electron chi connectivity index (χ4n) is 1.16. The van der Waals surface area contributed by atoms with E-state index < -0.39 is 9.84 Å². The summed E-state index contributed by atoms with van der Waals surface area (Å²) in [6.45, 7) is 0. The van der Waals surface area contributed by atoms with Crippen LogP contribution in [0.4, 0.5) is 0 Å². The summed E-state index contributed by atoms with van der Waals surface area (Å²) < 4.78 is 24.1. The maximum Gasteiger partial charge on any atom is 0.252 e. The van der Waals surface area contributed by atoms with Crippen molar-refractivity contribution in [3.05, 3.63) is 46.7 Å². The summed E-state index contributed by atoms with van der Waals surface area (Å²) >= 11 is 11.3. The van der Waals surface area contributed by atoms with E-state index >= 15 is 0 Å². The van der Waals surface area contributed by atoms with E-state index in [2.05, 4.69) is 9.97 Å². The van der Waals surface area contributed by atoms with E-state index in [-0.39, 0.29) is 15.1 Å². The molecule has 0 bridgehead atoms. The van der Waals surface area contributed by atoms with Crippen molar-refractivity contribution in [1.82, 2.24) is 9.97 Å². The van der Waals surface area contributed by atoms with Crippen LogP contribution < -0.4 is 0 Å². The zero-order valence-corrected chi connectivity index (χ0v) is 10.7. The van der Waals surface area contributed by atoms with E-state index in [0.717, 1.165) is 0 Å². The SMILES string of the molecule is O=S(=O)(c1ccc(Cl)cc1)c1ncc(Cl)cn1. The molecule has 4 nitrogen and oxygen atoms in total. The number of hydrogen-bond acceptors (Lipinski definition) is 4. The standard InChI is InChI=1S/C10H6Cl2N2O2S/c11-7-1-3-9(4-2-7)17(15,16)10-13-5-8(12)6-14-10/h1-6H. The molecular weight excluding hydrogens is 283 g/mol. The molecule has 0 fully saturated rings. The highest BCUT2D eigenvalue weighted by Crippen LogP contribution is 2.19. The largest absolute Gasteiger partial charge is 0.252 e. The van der Waals surface area contributed by atoms with Crippen LogP contribution in [0.5, 0.6) is 0 Å². The second-order valence-corrected chi connectivity index (χ2v) is 5.86. The second-order valence-electron chi connectivity index (χ2n) is 3.14. The van der Waals surface area contributed by atoms with Crippen LogP contribution in [0.1, 0.15) is 0 Å². The molecule has 88 valence electrons. The monoisotopic (exact) mass is 288 g/mol. The summed E-state index contributed by atoms with van der Waals surface area (Å²) in [5.41, 5.74) is 0. The zero-order chi connectivity index (χ0) is 12.5. The highest BCUT2D eigenvalue weighted by molar-refractivity contribution is 7.91. The number of nitrogens with zero attached hydrogens (tertiary/aromatic N) is 2. The number of sulfone groups is 1. The molecule has 0 radical (unpaired) electrons. The van der Waals surface area contributed by atoms with Gasteiger partial charge in [-0.2, -0.15) is 0 Å². The molecule has 17 heavy (non-hydrogen) atoms. The van der Waals surface area contributed by atoms with Crippen molar-refractivity contribution in [2.45, 2.75) is 10.1 Å². The fraction of sp³-hybridized carbons (Fsp3) is 0. The second kappa shape index (κ2) is 4.60. The first-order valence-corrected chi connectivity index (χ1v) is 6.72. The van der Waals surface area contributed by atoms with Gasteiger partial charge < -0.3 is 0 Å². The van der Waals surface area contributed by atoms with Crippen LogP contribution in [0.25, 0.3) is 0 Å². The van der Waals surface area contributed by atoms with E-state index in [1.807, 2.05) is 0 Å². The molecule has 0 aliphatic rings. The molecule has 1 aromatic carbocycles. The lowest BCUT2D eigenvalue weighted by Crippen LogP contribution is -2.06. The first-order valence-electron chi connectivity index (χ1n) is 4.48. The Bertz CT molecular complexity index is 573. The zero-order valence-electron chi connectivity index (χ0n) is 8.34. The van der Waals surface area contributed by atoms with Crippen LogP contribution in [0.15, 0.2) is 46.7 Å². The van der Waals surface area contributed by atoms with E-state index in [9.17, 15) is 8.42 Å². The molecule has 2 aromatic rings. The van der Waals surface area contributed by atoms with E-state index in [4.69, 9.17) is 23.2 Å². The van der Waals surface area contributed by atoms with Gasteiger partial charge in [0.05, 0.1) is 22.3 Å². The average molecular weight is 289 g/mol. The summed E-state index contributed by atoms with van der Waals surface area (Å²) in [5.74, 6) is 0. The molecule has 0 unspecified atom stereocenters. The van der Waals surface area contributed by atoms with Gasteiger partial charge in [0.15, 0.2) is 0 Å². The molecule has 0 N–H and O–H groups in total. The predicted molar refractivity (Wildman–Crippen MR) is 63.9 cm³/mol. The highest BCUT2D eigenvalue weighted by Gasteiger charge is 2.20. The average Bonchev–Trinajstić information content (AvgIpc) is 2.30. The topological polar surface area (TPSA) is 59.9 Å². The fourth-order valence-corrected chi connectivity index (χ4v) is 2.47. The molecule has 1 aromatic heterocycles. The Kier molecular flexibility index (Phi) is 3.33. The van der Waals surface area contributed by atoms with Gasteiger partial charge in [-0.05, 0) is 24.3 Å². The van der Waals surface area contributed by atoms with Gasteiger partial charge in [0, 0.05) is 5.02 Å². The smallest absolute Gasteiger partial charge is 0.225 e. The third kappa shape index (κ3) is 2.57. The molecular formula is C10H6Cl2N2O2S. The molecule has 0 aliphatic carbocycles.